The number of hydrogen-bond acceptors (Lipinski definition) is 7. The van der Waals surface area contributed by atoms with Crippen LogP contribution in [0.4, 0.5) is 0 Å². The third-order valence-corrected chi connectivity index (χ3v) is 20.8. The smallest absolute Gasteiger partial charge is 0.462 e. The predicted molar refractivity (Wildman–Crippen MR) is 427 cm³/mol. The number of carbonyl (C=O) groups is 2. The van der Waals surface area contributed by atoms with Crippen LogP contribution >= 0.6 is 7.82 Å². The summed E-state index contributed by atoms with van der Waals surface area (Å²) >= 11 is 0. The van der Waals surface area contributed by atoms with E-state index in [0.29, 0.717) is 23.9 Å². The number of unbranched alkanes of at least 4 members (excludes halogenated alkanes) is 60. The highest BCUT2D eigenvalue weighted by Gasteiger charge is 2.27. The molecule has 0 amide bonds. The molecule has 0 aliphatic heterocycles. The molecule has 2 unspecified atom stereocenters. The molecule has 0 aliphatic rings. The molecule has 0 rings (SSSR count). The maximum atomic E-state index is 12.9. The Morgan fingerprint density at radius 1 is 0.316 bits per heavy atom. The topological polar surface area (TPSA) is 108 Å². The molecular formula is C88H169NO8P+. The van der Waals surface area contributed by atoms with E-state index in [4.69, 9.17) is 18.5 Å². The normalized spacial score (nSPS) is 13.2. The van der Waals surface area contributed by atoms with E-state index in [1.54, 1.807) is 0 Å². The van der Waals surface area contributed by atoms with E-state index in [-0.39, 0.29) is 25.6 Å². The van der Waals surface area contributed by atoms with Gasteiger partial charge in [0.2, 0.25) is 0 Å². The van der Waals surface area contributed by atoms with Crippen molar-refractivity contribution < 1.29 is 42.1 Å². The Kier molecular flexibility index (Phi) is 77.5. The van der Waals surface area contributed by atoms with Crippen molar-refractivity contribution in [3.05, 3.63) is 48.6 Å². The molecule has 578 valence electrons. The Balaban J connectivity index is 3.86. The summed E-state index contributed by atoms with van der Waals surface area (Å²) in [5.41, 5.74) is 0. The molecule has 0 aliphatic carbocycles. The molecule has 0 fully saturated rings. The molecule has 1 N–H and O–H groups in total. The summed E-state index contributed by atoms with van der Waals surface area (Å²) in [5.74, 6) is -0.769. The van der Waals surface area contributed by atoms with Gasteiger partial charge in [-0.15, -0.1) is 0 Å². The SMILES string of the molecule is CCCCCCC/C=C\C/C=C\CCCCCCCCCCCCCCCCCCCCCCCCCCCCCC(=O)OC(COC(=O)CCCCCCCCCCCCCCCCCCCCCCCCC/C=C\C/C=C\CCCCCCC)COP(=O)(O)OCC[N+](C)(C)C. The molecule has 0 bridgehead atoms. The zero-order valence-corrected chi connectivity index (χ0v) is 67.2. The van der Waals surface area contributed by atoms with Gasteiger partial charge in [0.25, 0.3) is 0 Å². The average molecular weight is 1400 g/mol. The first-order valence-corrected chi connectivity index (χ1v) is 44.9. The number of esters is 2. The van der Waals surface area contributed by atoms with Crippen molar-refractivity contribution in [1.29, 1.82) is 0 Å². The van der Waals surface area contributed by atoms with E-state index in [0.717, 1.165) is 44.9 Å². The van der Waals surface area contributed by atoms with E-state index in [9.17, 15) is 19.0 Å². The minimum Gasteiger partial charge on any atom is -0.462 e. The molecule has 0 spiro atoms. The minimum absolute atomic E-state index is 0.0352. The highest BCUT2D eigenvalue weighted by molar-refractivity contribution is 7.47. The molecule has 10 heteroatoms. The first-order chi connectivity index (χ1) is 48.0. The van der Waals surface area contributed by atoms with Crippen LogP contribution in [0.5, 0.6) is 0 Å². The minimum atomic E-state index is -4.39. The van der Waals surface area contributed by atoms with Gasteiger partial charge in [0, 0.05) is 12.8 Å². The Morgan fingerprint density at radius 3 is 0.806 bits per heavy atom. The number of allylic oxidation sites excluding steroid dienone is 8. The van der Waals surface area contributed by atoms with E-state index in [1.165, 1.54) is 372 Å². The Hall–Kier alpha value is -2.03. The number of ether oxygens (including phenoxy) is 2. The molecule has 98 heavy (non-hydrogen) atoms. The average Bonchev–Trinajstić information content (AvgIpc) is 1.23. The second-order valence-electron chi connectivity index (χ2n) is 30.9. The van der Waals surface area contributed by atoms with Crippen LogP contribution < -0.4 is 0 Å². The van der Waals surface area contributed by atoms with Gasteiger partial charge in [0.1, 0.15) is 19.8 Å². The molecule has 0 saturated carbocycles. The van der Waals surface area contributed by atoms with E-state index < -0.39 is 26.5 Å². The van der Waals surface area contributed by atoms with Crippen LogP contribution in [0.25, 0.3) is 0 Å². The van der Waals surface area contributed by atoms with Crippen molar-refractivity contribution in [1.82, 2.24) is 0 Å². The Bertz CT molecular complexity index is 1790. The summed E-state index contributed by atoms with van der Waals surface area (Å²) in [6.07, 6.45) is 106. The van der Waals surface area contributed by atoms with E-state index in [2.05, 4.69) is 62.5 Å². The monoisotopic (exact) mass is 1400 g/mol. The largest absolute Gasteiger partial charge is 0.472 e. The maximum absolute atomic E-state index is 12.9. The summed E-state index contributed by atoms with van der Waals surface area (Å²) in [5, 5.41) is 0. The lowest BCUT2D eigenvalue weighted by Crippen LogP contribution is -2.37. The molecule has 0 heterocycles. The van der Waals surface area contributed by atoms with Gasteiger partial charge < -0.3 is 18.9 Å². The van der Waals surface area contributed by atoms with Crippen LogP contribution in [0, 0.1) is 0 Å². The lowest BCUT2D eigenvalue weighted by Gasteiger charge is -2.24. The highest BCUT2D eigenvalue weighted by atomic mass is 31.2. The number of phosphoric ester groups is 1. The third kappa shape index (κ3) is 82.9. The number of likely N-dealkylation sites (N-methyl/N-ethyl adjacent to an activating group) is 1. The van der Waals surface area contributed by atoms with Crippen molar-refractivity contribution in [3.8, 4) is 0 Å². The van der Waals surface area contributed by atoms with Crippen molar-refractivity contribution in [2.45, 2.75) is 457 Å². The van der Waals surface area contributed by atoms with Crippen LogP contribution in [0.1, 0.15) is 450 Å². The van der Waals surface area contributed by atoms with Crippen molar-refractivity contribution >= 4 is 19.8 Å². The number of phosphoric acid groups is 1. The standard InChI is InChI=1S/C88H168NO8P/c1-6-8-10-12-14-16-18-20-22-24-26-28-30-32-34-36-38-40-42-43-44-45-47-49-51-53-55-57-59-61-63-65-67-69-71-73-75-77-79-81-88(91)97-86(85-96-98(92,93)95-83-82-89(3,4)5)84-94-87(90)80-78-76-74-72-70-68-66-64-62-60-58-56-54-52-50-48-46-41-39-37-35-33-31-29-27-25-23-21-19-17-15-13-11-9-7-2/h18-21,24-27,86H,6-17,22-23,28-85H2,1-5H3/p+1/b20-18-,21-19-,26-24-,27-25-. The van der Waals surface area contributed by atoms with E-state index >= 15 is 0 Å². The van der Waals surface area contributed by atoms with Gasteiger partial charge in [-0.2, -0.15) is 0 Å². The van der Waals surface area contributed by atoms with Gasteiger partial charge in [0.05, 0.1) is 27.7 Å². The second-order valence-corrected chi connectivity index (χ2v) is 32.4. The molecule has 0 saturated heterocycles. The Morgan fingerprint density at radius 2 is 0.551 bits per heavy atom. The number of carbonyl (C=O) groups excluding carboxylic acids is 2. The van der Waals surface area contributed by atoms with Gasteiger partial charge in [-0.25, -0.2) is 4.57 Å². The van der Waals surface area contributed by atoms with Crippen molar-refractivity contribution in [2.75, 3.05) is 47.5 Å². The molecule has 9 nitrogen and oxygen atoms in total. The van der Waals surface area contributed by atoms with E-state index in [1.807, 2.05) is 21.1 Å². The summed E-state index contributed by atoms with van der Waals surface area (Å²) in [6, 6.07) is 0. The van der Waals surface area contributed by atoms with Crippen LogP contribution in [0.15, 0.2) is 48.6 Å². The molecule has 0 aromatic rings. The first kappa shape index (κ1) is 96.0. The second kappa shape index (κ2) is 79.1. The van der Waals surface area contributed by atoms with Gasteiger partial charge in [-0.3, -0.25) is 18.6 Å². The zero-order chi connectivity index (χ0) is 71.1. The van der Waals surface area contributed by atoms with Crippen LogP contribution in [0.2, 0.25) is 0 Å². The summed E-state index contributed by atoms with van der Waals surface area (Å²) < 4.78 is 34.9. The summed E-state index contributed by atoms with van der Waals surface area (Å²) in [7, 11) is 1.50. The molecule has 2 atom stereocenters. The van der Waals surface area contributed by atoms with Gasteiger partial charge in [-0.05, 0) is 77.0 Å². The fourth-order valence-corrected chi connectivity index (χ4v) is 13.9. The quantitative estimate of drug-likeness (QED) is 0.0211. The van der Waals surface area contributed by atoms with Crippen LogP contribution in [-0.2, 0) is 32.7 Å². The van der Waals surface area contributed by atoms with Gasteiger partial charge in [0.15, 0.2) is 6.10 Å². The number of hydrogen-bond donors (Lipinski definition) is 1. The highest BCUT2D eigenvalue weighted by Crippen LogP contribution is 2.43. The lowest BCUT2D eigenvalue weighted by molar-refractivity contribution is -0.870. The molecule has 0 radical (unpaired) electrons. The lowest BCUT2D eigenvalue weighted by atomic mass is 10.0. The number of rotatable bonds is 82. The molecule has 0 aromatic heterocycles. The van der Waals surface area contributed by atoms with Crippen molar-refractivity contribution in [3.63, 3.8) is 0 Å². The third-order valence-electron chi connectivity index (χ3n) is 19.8. The number of nitrogens with zero attached hydrogens (tertiary/aromatic N) is 1. The zero-order valence-electron chi connectivity index (χ0n) is 66.3. The summed E-state index contributed by atoms with van der Waals surface area (Å²) in [6.45, 7) is 4.50. The predicted octanol–water partition coefficient (Wildman–Crippen LogP) is 29.1. The summed E-state index contributed by atoms with van der Waals surface area (Å²) in [4.78, 5) is 36.0. The fourth-order valence-electron chi connectivity index (χ4n) is 13.2. The van der Waals surface area contributed by atoms with Crippen LogP contribution in [0.3, 0.4) is 0 Å². The molecular weight excluding hydrogens is 1230 g/mol. The van der Waals surface area contributed by atoms with Crippen molar-refractivity contribution in [2.24, 2.45) is 0 Å². The first-order valence-electron chi connectivity index (χ1n) is 43.4. The maximum Gasteiger partial charge on any atom is 0.472 e. The van der Waals surface area contributed by atoms with Crippen LogP contribution in [-0.4, -0.2) is 74.9 Å². The molecule has 0 aromatic carbocycles. The number of quaternary nitrogens is 1. The fraction of sp³-hybridized carbons (Fsp3) is 0.886. The van der Waals surface area contributed by atoms with Gasteiger partial charge in [-0.1, -0.05) is 409 Å². The van der Waals surface area contributed by atoms with Gasteiger partial charge >= 0.3 is 19.8 Å². The Labute approximate surface area is 611 Å².